The molecule has 4 rings (SSSR count). The Labute approximate surface area is 214 Å². The van der Waals surface area contributed by atoms with Crippen molar-refractivity contribution in [3.05, 3.63) is 58.7 Å². The van der Waals surface area contributed by atoms with E-state index in [1.165, 1.54) is 0 Å². The van der Waals surface area contributed by atoms with Gasteiger partial charge in [-0.2, -0.15) is 26.3 Å². The van der Waals surface area contributed by atoms with Crippen molar-refractivity contribution in [2.45, 2.75) is 32.3 Å². The number of alkyl halides is 6. The molecule has 38 heavy (non-hydrogen) atoms. The Morgan fingerprint density at radius 1 is 1.08 bits per heavy atom. The van der Waals surface area contributed by atoms with Gasteiger partial charge in [0.1, 0.15) is 30.5 Å². The van der Waals surface area contributed by atoms with Crippen LogP contribution in [0.15, 0.2) is 42.0 Å². The van der Waals surface area contributed by atoms with Crippen molar-refractivity contribution in [3.8, 4) is 17.2 Å². The van der Waals surface area contributed by atoms with Crippen LogP contribution in [0, 0.1) is 5.41 Å². The Balaban J connectivity index is 1.41. The predicted octanol–water partition coefficient (Wildman–Crippen LogP) is 5.80. The number of carbonyl (C=O) groups is 1. The average molecular weight is 545 g/mol. The first-order chi connectivity index (χ1) is 17.7. The standard InChI is InChI=1S/C26H25F6NO5/c1-24(23(34)35)6-7-33(14-24)11-16-8-17-2-4-20(10-22(17)37-12-16)36-13-18-3-5-19(38-15-25(27,28)29)9-21(18)26(30,31)32/h2-5,8-10H,6-7,11-15H2,1H3,(H,34,35). The molecule has 0 amide bonds. The Hall–Kier alpha value is -3.41. The molecule has 0 spiro atoms. The number of ether oxygens (including phenoxy) is 3. The summed E-state index contributed by atoms with van der Waals surface area (Å²) in [4.78, 5) is 13.5. The first-order valence-corrected chi connectivity index (χ1v) is 11.7. The van der Waals surface area contributed by atoms with E-state index in [2.05, 4.69) is 9.64 Å². The number of aliphatic carboxylic acids is 1. The van der Waals surface area contributed by atoms with E-state index in [9.17, 15) is 36.2 Å². The van der Waals surface area contributed by atoms with Gasteiger partial charge in [-0.1, -0.05) is 6.07 Å². The van der Waals surface area contributed by atoms with Crippen molar-refractivity contribution in [2.24, 2.45) is 5.41 Å². The zero-order valence-electron chi connectivity index (χ0n) is 20.3. The van der Waals surface area contributed by atoms with Crippen LogP contribution in [0.4, 0.5) is 26.3 Å². The van der Waals surface area contributed by atoms with Crippen LogP contribution < -0.4 is 14.2 Å². The molecule has 1 saturated heterocycles. The summed E-state index contributed by atoms with van der Waals surface area (Å²) >= 11 is 0. The van der Waals surface area contributed by atoms with Crippen molar-refractivity contribution in [1.82, 2.24) is 4.90 Å². The smallest absolute Gasteiger partial charge is 0.422 e. The van der Waals surface area contributed by atoms with E-state index >= 15 is 0 Å². The third-order valence-electron chi connectivity index (χ3n) is 6.44. The van der Waals surface area contributed by atoms with E-state index in [-0.39, 0.29) is 17.9 Å². The highest BCUT2D eigenvalue weighted by Gasteiger charge is 2.40. The lowest BCUT2D eigenvalue weighted by Crippen LogP contribution is -2.33. The van der Waals surface area contributed by atoms with Crippen LogP contribution >= 0.6 is 0 Å². The molecule has 12 heteroatoms. The Kier molecular flexibility index (Phi) is 7.55. The van der Waals surface area contributed by atoms with E-state index < -0.39 is 48.3 Å². The predicted molar refractivity (Wildman–Crippen MR) is 124 cm³/mol. The van der Waals surface area contributed by atoms with Crippen LogP contribution in [0.25, 0.3) is 6.08 Å². The number of carboxylic acids is 1. The summed E-state index contributed by atoms with van der Waals surface area (Å²) in [6.45, 7) is 1.48. The second-order valence-electron chi connectivity index (χ2n) is 9.63. The fraction of sp³-hybridized carbons (Fsp3) is 0.423. The van der Waals surface area contributed by atoms with Crippen molar-refractivity contribution < 1.29 is 50.5 Å². The number of rotatable bonds is 8. The van der Waals surface area contributed by atoms with Crippen molar-refractivity contribution in [1.29, 1.82) is 0 Å². The largest absolute Gasteiger partial charge is 0.489 e. The SMILES string of the molecule is CC1(C(=O)O)CCN(CC2=Cc3ccc(OCc4ccc(OCC(F)(F)F)cc4C(F)(F)F)cc3OC2)C1. The highest BCUT2D eigenvalue weighted by atomic mass is 19.4. The fourth-order valence-corrected chi connectivity index (χ4v) is 4.39. The minimum Gasteiger partial charge on any atom is -0.489 e. The molecule has 0 radical (unpaired) electrons. The molecule has 2 aromatic rings. The van der Waals surface area contributed by atoms with E-state index in [0.717, 1.165) is 23.3 Å². The molecule has 2 aromatic carbocycles. The summed E-state index contributed by atoms with van der Waals surface area (Å²) in [7, 11) is 0. The molecule has 1 fully saturated rings. The minimum atomic E-state index is -4.83. The number of benzene rings is 2. The van der Waals surface area contributed by atoms with Gasteiger partial charge in [0, 0.05) is 30.3 Å². The van der Waals surface area contributed by atoms with Crippen molar-refractivity contribution in [2.75, 3.05) is 32.8 Å². The Morgan fingerprint density at radius 3 is 2.45 bits per heavy atom. The highest BCUT2D eigenvalue weighted by Crippen LogP contribution is 2.37. The van der Waals surface area contributed by atoms with Crippen LogP contribution in [0.1, 0.15) is 30.0 Å². The first-order valence-electron chi connectivity index (χ1n) is 11.7. The topological polar surface area (TPSA) is 68.2 Å². The van der Waals surface area contributed by atoms with E-state index in [4.69, 9.17) is 9.47 Å². The molecule has 1 unspecified atom stereocenters. The maximum atomic E-state index is 13.5. The van der Waals surface area contributed by atoms with E-state index in [0.29, 0.717) is 37.9 Å². The van der Waals surface area contributed by atoms with E-state index in [1.807, 2.05) is 6.08 Å². The summed E-state index contributed by atoms with van der Waals surface area (Å²) in [6, 6.07) is 7.40. The maximum Gasteiger partial charge on any atom is 0.422 e. The van der Waals surface area contributed by atoms with Gasteiger partial charge in [0.15, 0.2) is 6.61 Å². The number of nitrogens with zero attached hydrogens (tertiary/aromatic N) is 1. The van der Waals surface area contributed by atoms with Gasteiger partial charge in [-0.15, -0.1) is 0 Å². The summed E-state index contributed by atoms with van der Waals surface area (Å²) < 4.78 is 93.4. The summed E-state index contributed by atoms with van der Waals surface area (Å²) in [5.74, 6) is -0.637. The van der Waals surface area contributed by atoms with Gasteiger partial charge < -0.3 is 19.3 Å². The van der Waals surface area contributed by atoms with E-state index in [1.54, 1.807) is 25.1 Å². The molecule has 0 saturated carbocycles. The molecule has 0 aliphatic carbocycles. The van der Waals surface area contributed by atoms with Gasteiger partial charge in [0.05, 0.1) is 11.0 Å². The van der Waals surface area contributed by atoms with Crippen LogP contribution in [-0.2, 0) is 17.6 Å². The molecule has 2 aliphatic heterocycles. The quantitative estimate of drug-likeness (QED) is 0.423. The van der Waals surface area contributed by atoms with Crippen LogP contribution in [0.3, 0.4) is 0 Å². The lowest BCUT2D eigenvalue weighted by Gasteiger charge is -2.24. The zero-order chi connectivity index (χ0) is 27.7. The number of hydrogen-bond donors (Lipinski definition) is 1. The molecule has 1 N–H and O–H groups in total. The maximum absolute atomic E-state index is 13.5. The molecule has 0 aromatic heterocycles. The second kappa shape index (κ2) is 10.4. The van der Waals surface area contributed by atoms with Gasteiger partial charge in [-0.05, 0) is 55.8 Å². The summed E-state index contributed by atoms with van der Waals surface area (Å²) in [5.41, 5.74) is -0.483. The number of likely N-dealkylation sites (tertiary alicyclic amines) is 1. The molecule has 206 valence electrons. The van der Waals surface area contributed by atoms with Gasteiger partial charge in [0.2, 0.25) is 0 Å². The molecule has 0 bridgehead atoms. The monoisotopic (exact) mass is 545 g/mol. The van der Waals surface area contributed by atoms with Gasteiger partial charge in [-0.25, -0.2) is 0 Å². The van der Waals surface area contributed by atoms with Crippen LogP contribution in [0.2, 0.25) is 0 Å². The normalized spacial score (nSPS) is 19.9. The third kappa shape index (κ3) is 6.72. The molecule has 6 nitrogen and oxygen atoms in total. The fourth-order valence-electron chi connectivity index (χ4n) is 4.39. The molecular formula is C26H25F6NO5. The molecule has 2 heterocycles. The van der Waals surface area contributed by atoms with Crippen LogP contribution in [0.5, 0.6) is 17.2 Å². The number of carboxylic acid groups (broad SMARTS) is 1. The first kappa shape index (κ1) is 27.6. The van der Waals surface area contributed by atoms with Gasteiger partial charge in [0.25, 0.3) is 0 Å². The Bertz CT molecular complexity index is 1230. The molecule has 2 aliphatic rings. The Morgan fingerprint density at radius 2 is 1.79 bits per heavy atom. The zero-order valence-corrected chi connectivity index (χ0v) is 20.3. The molecule has 1 atom stereocenters. The number of halogens is 6. The lowest BCUT2D eigenvalue weighted by atomic mass is 9.90. The number of fused-ring (bicyclic) bond motifs is 1. The highest BCUT2D eigenvalue weighted by molar-refractivity contribution is 5.75. The summed E-state index contributed by atoms with van der Waals surface area (Å²) in [6.07, 6.45) is -7.01. The van der Waals surface area contributed by atoms with Crippen LogP contribution in [-0.4, -0.2) is 55.0 Å². The van der Waals surface area contributed by atoms with Crippen molar-refractivity contribution >= 4 is 12.0 Å². The van der Waals surface area contributed by atoms with Gasteiger partial charge in [-0.3, -0.25) is 9.69 Å². The average Bonchev–Trinajstić information content (AvgIpc) is 3.22. The summed E-state index contributed by atoms with van der Waals surface area (Å²) in [5, 5.41) is 9.41. The van der Waals surface area contributed by atoms with Crippen molar-refractivity contribution in [3.63, 3.8) is 0 Å². The minimum absolute atomic E-state index is 0.253. The van der Waals surface area contributed by atoms with Gasteiger partial charge >= 0.3 is 18.3 Å². The second-order valence-corrected chi connectivity index (χ2v) is 9.63. The lowest BCUT2D eigenvalue weighted by molar-refractivity contribution is -0.153. The number of hydrogen-bond acceptors (Lipinski definition) is 5. The molecular weight excluding hydrogens is 520 g/mol. The third-order valence-corrected chi connectivity index (χ3v) is 6.44.